The first kappa shape index (κ1) is 13.8. The van der Waals surface area contributed by atoms with Crippen LogP contribution in [0.25, 0.3) is 0 Å². The van der Waals surface area contributed by atoms with Crippen molar-refractivity contribution in [1.82, 2.24) is 19.7 Å². The molecular weight excluding hydrogens is 268 g/mol. The Hall–Kier alpha value is -2.21. The van der Waals surface area contributed by atoms with Gasteiger partial charge in [0.1, 0.15) is 5.69 Å². The van der Waals surface area contributed by atoms with E-state index in [1.807, 2.05) is 23.0 Å². The molecule has 6 nitrogen and oxygen atoms in total. The van der Waals surface area contributed by atoms with E-state index in [1.54, 1.807) is 12.3 Å². The van der Waals surface area contributed by atoms with E-state index >= 15 is 0 Å². The normalized spacial score (nSPS) is 19.0. The number of hydrogen-bond acceptors (Lipinski definition) is 4. The number of aromatic carboxylic acids is 1. The predicted octanol–water partition coefficient (Wildman–Crippen LogP) is 1.64. The molecule has 0 spiro atoms. The topological polar surface area (TPSA) is 71.2 Å². The number of carboxylic acids is 1. The lowest BCUT2D eigenvalue weighted by Gasteiger charge is -2.24. The van der Waals surface area contributed by atoms with Gasteiger partial charge in [-0.1, -0.05) is 6.07 Å². The number of aromatic nitrogens is 3. The van der Waals surface area contributed by atoms with Crippen LogP contribution in [0.5, 0.6) is 0 Å². The predicted molar refractivity (Wildman–Crippen MR) is 76.9 cm³/mol. The summed E-state index contributed by atoms with van der Waals surface area (Å²) in [6.07, 6.45) is 6.06. The minimum Gasteiger partial charge on any atom is -0.477 e. The van der Waals surface area contributed by atoms with Crippen LogP contribution >= 0.6 is 0 Å². The molecule has 3 heterocycles. The van der Waals surface area contributed by atoms with Crippen molar-refractivity contribution in [2.45, 2.75) is 32.0 Å². The Morgan fingerprint density at radius 2 is 2.29 bits per heavy atom. The maximum Gasteiger partial charge on any atom is 0.354 e. The van der Waals surface area contributed by atoms with Crippen LogP contribution in [0.2, 0.25) is 0 Å². The van der Waals surface area contributed by atoms with E-state index in [0.29, 0.717) is 12.6 Å². The molecule has 1 aliphatic rings. The summed E-state index contributed by atoms with van der Waals surface area (Å²) >= 11 is 0. The van der Waals surface area contributed by atoms with Crippen molar-refractivity contribution in [3.63, 3.8) is 0 Å². The van der Waals surface area contributed by atoms with Crippen molar-refractivity contribution in [3.8, 4) is 0 Å². The quantitative estimate of drug-likeness (QED) is 0.904. The molecule has 0 bridgehead atoms. The van der Waals surface area contributed by atoms with Crippen LogP contribution in [0.4, 0.5) is 0 Å². The van der Waals surface area contributed by atoms with Crippen LogP contribution in [-0.4, -0.2) is 43.3 Å². The second kappa shape index (κ2) is 6.05. The Morgan fingerprint density at radius 1 is 1.38 bits per heavy atom. The number of rotatable bonds is 5. The lowest BCUT2D eigenvalue weighted by atomic mass is 10.2. The van der Waals surface area contributed by atoms with Crippen molar-refractivity contribution in [2.24, 2.45) is 0 Å². The highest BCUT2D eigenvalue weighted by Gasteiger charge is 2.25. The zero-order valence-corrected chi connectivity index (χ0v) is 11.7. The number of likely N-dealkylation sites (tertiary alicyclic amines) is 1. The molecule has 1 saturated heterocycles. The van der Waals surface area contributed by atoms with Gasteiger partial charge in [0.15, 0.2) is 0 Å². The summed E-state index contributed by atoms with van der Waals surface area (Å²) in [5.74, 6) is -0.980. The Bertz CT molecular complexity index is 612. The molecule has 0 aliphatic carbocycles. The first-order valence-corrected chi connectivity index (χ1v) is 7.13. The molecule has 0 unspecified atom stereocenters. The summed E-state index contributed by atoms with van der Waals surface area (Å²) in [5.41, 5.74) is 0.914. The first-order chi connectivity index (χ1) is 10.2. The van der Waals surface area contributed by atoms with Gasteiger partial charge in [0, 0.05) is 25.0 Å². The van der Waals surface area contributed by atoms with Crippen LogP contribution in [0.1, 0.15) is 29.0 Å². The summed E-state index contributed by atoms with van der Waals surface area (Å²) in [4.78, 5) is 17.5. The highest BCUT2D eigenvalue weighted by atomic mass is 16.4. The van der Waals surface area contributed by atoms with Crippen LogP contribution in [-0.2, 0) is 13.1 Å². The van der Waals surface area contributed by atoms with E-state index in [-0.39, 0.29) is 5.69 Å². The summed E-state index contributed by atoms with van der Waals surface area (Å²) < 4.78 is 1.95. The van der Waals surface area contributed by atoms with Gasteiger partial charge in [0.05, 0.1) is 12.2 Å². The smallest absolute Gasteiger partial charge is 0.354 e. The minimum atomic E-state index is -0.980. The third-order valence-electron chi connectivity index (χ3n) is 3.85. The van der Waals surface area contributed by atoms with Gasteiger partial charge in [-0.05, 0) is 37.6 Å². The van der Waals surface area contributed by atoms with Crippen LogP contribution in [0.15, 0.2) is 36.7 Å². The summed E-state index contributed by atoms with van der Waals surface area (Å²) in [6, 6.07) is 7.52. The fraction of sp³-hybridized carbons (Fsp3) is 0.400. The second-order valence-corrected chi connectivity index (χ2v) is 5.31. The largest absolute Gasteiger partial charge is 0.477 e. The van der Waals surface area contributed by atoms with E-state index in [0.717, 1.165) is 31.6 Å². The molecule has 21 heavy (non-hydrogen) atoms. The molecule has 1 fully saturated rings. The SMILES string of the molecule is O=C(O)c1cccc(CN2CCC[C@H]2Cn2cccn2)n1. The molecule has 2 aromatic rings. The monoisotopic (exact) mass is 286 g/mol. The number of pyridine rings is 1. The molecule has 0 aromatic carbocycles. The summed E-state index contributed by atoms with van der Waals surface area (Å²) in [5, 5.41) is 13.3. The third kappa shape index (κ3) is 3.28. The second-order valence-electron chi connectivity index (χ2n) is 5.31. The molecule has 0 saturated carbocycles. The van der Waals surface area contributed by atoms with Crippen molar-refractivity contribution in [2.75, 3.05) is 6.54 Å². The van der Waals surface area contributed by atoms with Crippen molar-refractivity contribution in [1.29, 1.82) is 0 Å². The van der Waals surface area contributed by atoms with Gasteiger partial charge in [-0.3, -0.25) is 9.58 Å². The van der Waals surface area contributed by atoms with Gasteiger partial charge in [0.2, 0.25) is 0 Å². The van der Waals surface area contributed by atoms with E-state index < -0.39 is 5.97 Å². The fourth-order valence-corrected chi connectivity index (χ4v) is 2.83. The molecule has 1 atom stereocenters. The maximum atomic E-state index is 11.0. The standard InChI is InChI=1S/C15H18N4O2/c20-15(21)14-6-1-4-12(17-14)10-18-8-2-5-13(18)11-19-9-3-7-16-19/h1,3-4,6-7,9,13H,2,5,8,10-11H2,(H,20,21)/t13-/m0/s1. The average molecular weight is 286 g/mol. The number of hydrogen-bond donors (Lipinski definition) is 1. The lowest BCUT2D eigenvalue weighted by molar-refractivity contribution is 0.0690. The third-order valence-corrected chi connectivity index (χ3v) is 3.85. The number of carbonyl (C=O) groups is 1. The molecular formula is C15H18N4O2. The highest BCUT2D eigenvalue weighted by Crippen LogP contribution is 2.20. The van der Waals surface area contributed by atoms with Crippen LogP contribution in [0.3, 0.4) is 0 Å². The molecule has 1 N–H and O–H groups in total. The fourth-order valence-electron chi connectivity index (χ4n) is 2.83. The first-order valence-electron chi connectivity index (χ1n) is 7.13. The molecule has 6 heteroatoms. The Labute approximate surface area is 123 Å². The zero-order valence-electron chi connectivity index (χ0n) is 11.7. The van der Waals surface area contributed by atoms with Crippen molar-refractivity contribution >= 4 is 5.97 Å². The molecule has 0 radical (unpaired) electrons. The Morgan fingerprint density at radius 3 is 3.05 bits per heavy atom. The van der Waals surface area contributed by atoms with Crippen LogP contribution in [0, 0.1) is 0 Å². The molecule has 1 aliphatic heterocycles. The maximum absolute atomic E-state index is 11.0. The van der Waals surface area contributed by atoms with E-state index in [1.165, 1.54) is 6.07 Å². The Kier molecular flexibility index (Phi) is 3.96. The molecule has 2 aromatic heterocycles. The highest BCUT2D eigenvalue weighted by molar-refractivity contribution is 5.85. The van der Waals surface area contributed by atoms with Crippen molar-refractivity contribution in [3.05, 3.63) is 48.0 Å². The number of carboxylic acid groups (broad SMARTS) is 1. The number of nitrogens with zero attached hydrogens (tertiary/aromatic N) is 4. The summed E-state index contributed by atoms with van der Waals surface area (Å²) in [7, 11) is 0. The van der Waals surface area contributed by atoms with Gasteiger partial charge in [-0.25, -0.2) is 9.78 Å². The minimum absolute atomic E-state index is 0.107. The zero-order chi connectivity index (χ0) is 14.7. The van der Waals surface area contributed by atoms with Gasteiger partial charge in [-0.15, -0.1) is 0 Å². The summed E-state index contributed by atoms with van der Waals surface area (Å²) in [6.45, 7) is 2.57. The lowest BCUT2D eigenvalue weighted by Crippen LogP contribution is -2.33. The Balaban J connectivity index is 1.68. The van der Waals surface area contributed by atoms with E-state index in [4.69, 9.17) is 5.11 Å². The van der Waals surface area contributed by atoms with Gasteiger partial charge in [-0.2, -0.15) is 5.10 Å². The van der Waals surface area contributed by atoms with E-state index in [2.05, 4.69) is 15.0 Å². The molecule has 110 valence electrons. The molecule has 3 rings (SSSR count). The van der Waals surface area contributed by atoms with Gasteiger partial charge in [0.25, 0.3) is 0 Å². The van der Waals surface area contributed by atoms with Gasteiger partial charge < -0.3 is 5.11 Å². The average Bonchev–Trinajstić information content (AvgIpc) is 3.12. The van der Waals surface area contributed by atoms with Crippen molar-refractivity contribution < 1.29 is 9.90 Å². The van der Waals surface area contributed by atoms with E-state index in [9.17, 15) is 4.79 Å². The molecule has 0 amide bonds. The van der Waals surface area contributed by atoms with Gasteiger partial charge >= 0.3 is 5.97 Å². The van der Waals surface area contributed by atoms with Crippen LogP contribution < -0.4 is 0 Å².